The Morgan fingerprint density at radius 2 is 1.58 bits per heavy atom. The van der Waals surface area contributed by atoms with Crippen LogP contribution in [0.25, 0.3) is 0 Å². The molecule has 188 valence electrons. The Balaban J connectivity index is 1.77. The van der Waals surface area contributed by atoms with E-state index in [1.807, 2.05) is 51.1 Å². The molecule has 8 heteroatoms. The summed E-state index contributed by atoms with van der Waals surface area (Å²) in [6, 6.07) is 14.6. The summed E-state index contributed by atoms with van der Waals surface area (Å²) in [5, 5.41) is 21.5. The molecule has 1 aliphatic rings. The number of nitrogens with zero attached hydrogens (tertiary/aromatic N) is 2. The summed E-state index contributed by atoms with van der Waals surface area (Å²) in [6.07, 6.45) is 3.00. The summed E-state index contributed by atoms with van der Waals surface area (Å²) in [4.78, 5) is 40.7. The Labute approximate surface area is 210 Å². The van der Waals surface area contributed by atoms with E-state index in [4.69, 9.17) is 0 Å². The molecule has 2 aromatic carbocycles. The van der Waals surface area contributed by atoms with Crippen molar-refractivity contribution in [3.8, 4) is 0 Å². The summed E-state index contributed by atoms with van der Waals surface area (Å²) in [5.74, 6) is -4.53. The minimum Gasteiger partial charge on any atom is -0.389 e. The Morgan fingerprint density at radius 3 is 2.11 bits per heavy atom. The predicted octanol–water partition coefficient (Wildman–Crippen LogP) is 3.84. The van der Waals surface area contributed by atoms with Gasteiger partial charge >= 0.3 is 0 Å². The van der Waals surface area contributed by atoms with Gasteiger partial charge in [-0.25, -0.2) is 0 Å². The van der Waals surface area contributed by atoms with E-state index < -0.39 is 41.0 Å². The van der Waals surface area contributed by atoms with E-state index in [0.29, 0.717) is 23.5 Å². The molecule has 1 fully saturated rings. The largest absolute Gasteiger partial charge is 0.389 e. The van der Waals surface area contributed by atoms with E-state index in [9.17, 15) is 19.5 Å². The zero-order valence-corrected chi connectivity index (χ0v) is 21.0. The number of hydrogen-bond acceptors (Lipinski definition) is 5. The number of rotatable bonds is 6. The summed E-state index contributed by atoms with van der Waals surface area (Å²) < 4.78 is 1.68. The van der Waals surface area contributed by atoms with Crippen LogP contribution in [-0.2, 0) is 20.9 Å². The van der Waals surface area contributed by atoms with Crippen molar-refractivity contribution in [2.45, 2.75) is 52.2 Å². The number of aliphatic hydroxyl groups is 1. The van der Waals surface area contributed by atoms with Gasteiger partial charge in [-0.1, -0.05) is 36.4 Å². The highest BCUT2D eigenvalue weighted by Crippen LogP contribution is 2.46. The number of hydrogen-bond donors (Lipinski definition) is 3. The molecule has 0 radical (unpaired) electrons. The molecule has 1 aromatic heterocycles. The second kappa shape index (κ2) is 10.1. The first-order valence-corrected chi connectivity index (χ1v) is 12.1. The van der Waals surface area contributed by atoms with Crippen molar-refractivity contribution in [3.63, 3.8) is 0 Å². The van der Waals surface area contributed by atoms with Crippen LogP contribution >= 0.6 is 0 Å². The number of nitrogens with one attached hydrogen (secondary N) is 2. The van der Waals surface area contributed by atoms with Gasteiger partial charge in [-0.2, -0.15) is 5.10 Å². The van der Waals surface area contributed by atoms with E-state index >= 15 is 0 Å². The van der Waals surface area contributed by atoms with Crippen LogP contribution in [0.5, 0.6) is 0 Å². The molecular weight excluding hydrogens is 456 g/mol. The van der Waals surface area contributed by atoms with Crippen molar-refractivity contribution >= 4 is 29.0 Å². The van der Waals surface area contributed by atoms with Gasteiger partial charge in [0.25, 0.3) is 0 Å². The fraction of sp³-hybridized carbons (Fsp3) is 0.357. The first kappa shape index (κ1) is 25.3. The van der Waals surface area contributed by atoms with E-state index in [1.54, 1.807) is 35.3 Å². The van der Waals surface area contributed by atoms with Crippen molar-refractivity contribution in [2.75, 3.05) is 10.6 Å². The van der Waals surface area contributed by atoms with Crippen molar-refractivity contribution < 1.29 is 19.5 Å². The molecular formula is C28H32N4O4. The van der Waals surface area contributed by atoms with Crippen molar-refractivity contribution in [2.24, 2.45) is 11.8 Å². The maximum Gasteiger partial charge on any atom is 0.235 e. The zero-order valence-electron chi connectivity index (χ0n) is 21.0. The lowest BCUT2D eigenvalue weighted by Gasteiger charge is -2.44. The average Bonchev–Trinajstić information content (AvgIpc) is 3.30. The Kier molecular flexibility index (Phi) is 7.08. The van der Waals surface area contributed by atoms with E-state index in [0.717, 1.165) is 11.1 Å². The zero-order chi connectivity index (χ0) is 26.0. The lowest BCUT2D eigenvalue weighted by Crippen LogP contribution is -2.56. The summed E-state index contributed by atoms with van der Waals surface area (Å²) in [7, 11) is 0. The Morgan fingerprint density at radius 1 is 1.03 bits per heavy atom. The number of anilines is 2. The molecule has 36 heavy (non-hydrogen) atoms. The fourth-order valence-electron chi connectivity index (χ4n) is 5.06. The van der Waals surface area contributed by atoms with Crippen LogP contribution in [0, 0.1) is 25.7 Å². The number of benzene rings is 2. The molecule has 3 aromatic rings. The van der Waals surface area contributed by atoms with E-state index in [1.165, 1.54) is 6.92 Å². The molecule has 1 heterocycles. The molecule has 1 aliphatic carbocycles. The van der Waals surface area contributed by atoms with Crippen LogP contribution in [0.4, 0.5) is 11.4 Å². The monoisotopic (exact) mass is 488 g/mol. The first-order chi connectivity index (χ1) is 17.1. The number of Topliss-reactive ketones (excluding diaryl/α,β-unsaturated/α-hetero) is 1. The SMILES string of the molecule is CCn1cc([C@H]2[C@@H](C(=O)Nc3ccccc3C)C(=O)C[C@@](C)(O)[C@@H]2C(=O)Nc2ccccc2C)cn1. The molecule has 3 N–H and O–H groups in total. The second-order valence-electron chi connectivity index (χ2n) is 9.72. The summed E-state index contributed by atoms with van der Waals surface area (Å²) in [5.41, 5.74) is 1.81. The number of ketones is 1. The van der Waals surface area contributed by atoms with Gasteiger partial charge < -0.3 is 15.7 Å². The quantitative estimate of drug-likeness (QED) is 0.457. The van der Waals surface area contributed by atoms with Crippen LogP contribution in [-0.4, -0.2) is 38.1 Å². The van der Waals surface area contributed by atoms with Crippen LogP contribution < -0.4 is 10.6 Å². The first-order valence-electron chi connectivity index (χ1n) is 12.1. The van der Waals surface area contributed by atoms with Gasteiger partial charge in [0.05, 0.1) is 17.7 Å². The predicted molar refractivity (Wildman–Crippen MR) is 137 cm³/mol. The number of amides is 2. The molecule has 8 nitrogen and oxygen atoms in total. The Bertz CT molecular complexity index is 1300. The number of aromatic nitrogens is 2. The average molecular weight is 489 g/mol. The van der Waals surface area contributed by atoms with Gasteiger partial charge in [0.2, 0.25) is 11.8 Å². The van der Waals surface area contributed by atoms with Crippen LogP contribution in [0.1, 0.15) is 42.9 Å². The molecule has 0 bridgehead atoms. The van der Waals surface area contributed by atoms with Crippen molar-refractivity contribution in [3.05, 3.63) is 77.6 Å². The third-order valence-corrected chi connectivity index (χ3v) is 7.00. The van der Waals surface area contributed by atoms with Crippen molar-refractivity contribution in [1.82, 2.24) is 9.78 Å². The molecule has 0 aliphatic heterocycles. The second-order valence-corrected chi connectivity index (χ2v) is 9.72. The van der Waals surface area contributed by atoms with Crippen LogP contribution in [0.2, 0.25) is 0 Å². The smallest absolute Gasteiger partial charge is 0.235 e. The fourth-order valence-corrected chi connectivity index (χ4v) is 5.06. The highest BCUT2D eigenvalue weighted by atomic mass is 16.3. The molecule has 4 rings (SSSR count). The van der Waals surface area contributed by atoms with Crippen LogP contribution in [0.3, 0.4) is 0 Å². The summed E-state index contributed by atoms with van der Waals surface area (Å²) >= 11 is 0. The third kappa shape index (κ3) is 4.95. The van der Waals surface area contributed by atoms with Gasteiger partial charge in [-0.15, -0.1) is 0 Å². The maximum absolute atomic E-state index is 13.7. The van der Waals surface area contributed by atoms with Gasteiger partial charge in [-0.3, -0.25) is 19.1 Å². The molecule has 0 unspecified atom stereocenters. The standard InChI is InChI=1S/C28H32N4O4/c1-5-32-16-19(15-29-32)23-24(26(34)30-20-12-8-6-10-17(20)2)22(33)14-28(4,36)25(23)27(35)31-21-13-9-7-11-18(21)3/h6-13,15-16,23-25,36H,5,14H2,1-4H3,(H,30,34)(H,31,35)/t23-,24-,25-,28+/m0/s1. The van der Waals surface area contributed by atoms with Gasteiger partial charge in [0.15, 0.2) is 0 Å². The van der Waals surface area contributed by atoms with Gasteiger partial charge in [-0.05, 0) is 56.5 Å². The minimum absolute atomic E-state index is 0.316. The van der Waals surface area contributed by atoms with Gasteiger partial charge in [0.1, 0.15) is 11.7 Å². The molecule has 0 spiro atoms. The van der Waals surface area contributed by atoms with E-state index in [-0.39, 0.29) is 6.42 Å². The molecule has 1 saturated carbocycles. The molecule has 0 saturated heterocycles. The number of para-hydroxylation sites is 2. The van der Waals surface area contributed by atoms with Crippen molar-refractivity contribution in [1.29, 1.82) is 0 Å². The lowest BCUT2D eigenvalue weighted by molar-refractivity contribution is -0.150. The van der Waals surface area contributed by atoms with Gasteiger partial charge in [0, 0.05) is 36.5 Å². The summed E-state index contributed by atoms with van der Waals surface area (Å²) in [6.45, 7) is 7.73. The third-order valence-electron chi connectivity index (χ3n) is 7.00. The number of carbonyl (C=O) groups is 3. The van der Waals surface area contributed by atoms with E-state index in [2.05, 4.69) is 15.7 Å². The number of aryl methyl sites for hydroxylation is 3. The van der Waals surface area contributed by atoms with Crippen LogP contribution in [0.15, 0.2) is 60.9 Å². The Hall–Kier alpha value is -3.78. The topological polar surface area (TPSA) is 113 Å². The number of carbonyl (C=O) groups excluding carboxylic acids is 3. The molecule has 2 amide bonds. The molecule has 4 atom stereocenters. The minimum atomic E-state index is -1.66. The lowest BCUT2D eigenvalue weighted by atomic mass is 9.61. The highest BCUT2D eigenvalue weighted by molar-refractivity contribution is 6.10. The maximum atomic E-state index is 13.7. The highest BCUT2D eigenvalue weighted by Gasteiger charge is 2.56. The normalized spacial score (nSPS) is 23.8.